The molecule has 136 valence electrons. The SMILES string of the molecule is CCOC(=O)c1cn(C(C)CC)c2cc(C(F)(F)F)c(F)cc2c1=O. The zero-order chi connectivity index (χ0) is 18.9. The van der Waals surface area contributed by atoms with Crippen LogP contribution in [0, 0.1) is 5.82 Å². The van der Waals surface area contributed by atoms with Crippen LogP contribution in [0.2, 0.25) is 0 Å². The van der Waals surface area contributed by atoms with Crippen LogP contribution in [0.4, 0.5) is 17.6 Å². The molecule has 0 aliphatic carbocycles. The van der Waals surface area contributed by atoms with Crippen molar-refractivity contribution in [3.05, 3.63) is 45.5 Å². The Balaban J connectivity index is 2.90. The van der Waals surface area contributed by atoms with E-state index in [2.05, 4.69) is 0 Å². The van der Waals surface area contributed by atoms with E-state index < -0.39 is 29.0 Å². The first kappa shape index (κ1) is 19.0. The van der Waals surface area contributed by atoms with Crippen molar-refractivity contribution in [3.63, 3.8) is 0 Å². The molecule has 0 N–H and O–H groups in total. The van der Waals surface area contributed by atoms with E-state index in [1.807, 2.05) is 0 Å². The van der Waals surface area contributed by atoms with Gasteiger partial charge in [-0.1, -0.05) is 6.92 Å². The number of carbonyl (C=O) groups is 1. The highest BCUT2D eigenvalue weighted by Gasteiger charge is 2.35. The zero-order valence-corrected chi connectivity index (χ0v) is 13.9. The van der Waals surface area contributed by atoms with Gasteiger partial charge in [-0.25, -0.2) is 9.18 Å². The number of hydrogen-bond acceptors (Lipinski definition) is 3. The second-order valence-electron chi connectivity index (χ2n) is 5.60. The summed E-state index contributed by atoms with van der Waals surface area (Å²) in [7, 11) is 0. The maximum atomic E-state index is 13.9. The first-order chi connectivity index (χ1) is 11.6. The second kappa shape index (κ2) is 6.85. The normalized spacial score (nSPS) is 13.1. The number of fused-ring (bicyclic) bond motifs is 1. The number of benzene rings is 1. The van der Waals surface area contributed by atoms with Crippen molar-refractivity contribution >= 4 is 16.9 Å². The molecule has 1 unspecified atom stereocenters. The van der Waals surface area contributed by atoms with Crippen molar-refractivity contribution in [1.29, 1.82) is 0 Å². The molecule has 0 aliphatic rings. The highest BCUT2D eigenvalue weighted by atomic mass is 19.4. The average Bonchev–Trinajstić information content (AvgIpc) is 2.53. The van der Waals surface area contributed by atoms with Gasteiger partial charge < -0.3 is 9.30 Å². The Bertz CT molecular complexity index is 871. The van der Waals surface area contributed by atoms with Gasteiger partial charge in [0.2, 0.25) is 5.43 Å². The van der Waals surface area contributed by atoms with Crippen LogP contribution in [0.3, 0.4) is 0 Å². The van der Waals surface area contributed by atoms with Crippen LogP contribution in [0.15, 0.2) is 23.1 Å². The Labute approximate surface area is 141 Å². The van der Waals surface area contributed by atoms with Gasteiger partial charge in [-0.15, -0.1) is 0 Å². The summed E-state index contributed by atoms with van der Waals surface area (Å²) in [6.45, 7) is 5.10. The van der Waals surface area contributed by atoms with Gasteiger partial charge >= 0.3 is 12.1 Å². The summed E-state index contributed by atoms with van der Waals surface area (Å²) >= 11 is 0. The van der Waals surface area contributed by atoms with Gasteiger partial charge in [0.25, 0.3) is 0 Å². The Morgan fingerprint density at radius 3 is 2.44 bits per heavy atom. The molecule has 1 heterocycles. The van der Waals surface area contributed by atoms with E-state index in [0.29, 0.717) is 18.6 Å². The smallest absolute Gasteiger partial charge is 0.419 e. The number of aromatic nitrogens is 1. The first-order valence-corrected chi connectivity index (χ1v) is 7.74. The minimum Gasteiger partial charge on any atom is -0.462 e. The Hall–Kier alpha value is -2.38. The van der Waals surface area contributed by atoms with Crippen LogP contribution in [-0.4, -0.2) is 17.1 Å². The predicted molar refractivity (Wildman–Crippen MR) is 84.1 cm³/mol. The summed E-state index contributed by atoms with van der Waals surface area (Å²) in [5.74, 6) is -2.46. The fraction of sp³-hybridized carbons (Fsp3) is 0.412. The third-order valence-electron chi connectivity index (χ3n) is 3.99. The average molecular weight is 359 g/mol. The lowest BCUT2D eigenvalue weighted by Gasteiger charge is -2.20. The van der Waals surface area contributed by atoms with Crippen molar-refractivity contribution < 1.29 is 27.1 Å². The quantitative estimate of drug-likeness (QED) is 0.604. The van der Waals surface area contributed by atoms with Crippen molar-refractivity contribution in [2.75, 3.05) is 6.61 Å². The number of esters is 1. The molecule has 0 spiro atoms. The highest BCUT2D eigenvalue weighted by Crippen LogP contribution is 2.34. The molecule has 0 radical (unpaired) electrons. The molecule has 25 heavy (non-hydrogen) atoms. The Morgan fingerprint density at radius 1 is 1.28 bits per heavy atom. The number of halogens is 4. The Kier molecular flexibility index (Phi) is 5.20. The maximum absolute atomic E-state index is 13.9. The van der Waals surface area contributed by atoms with Crippen molar-refractivity contribution in [1.82, 2.24) is 4.57 Å². The fourth-order valence-corrected chi connectivity index (χ4v) is 2.50. The lowest BCUT2D eigenvalue weighted by molar-refractivity contribution is -0.139. The van der Waals surface area contributed by atoms with E-state index >= 15 is 0 Å². The number of carbonyl (C=O) groups excluding carboxylic acids is 1. The van der Waals surface area contributed by atoms with Crippen LogP contribution >= 0.6 is 0 Å². The fourth-order valence-electron chi connectivity index (χ4n) is 2.50. The summed E-state index contributed by atoms with van der Waals surface area (Å²) in [6, 6.07) is 0.817. The first-order valence-electron chi connectivity index (χ1n) is 7.74. The van der Waals surface area contributed by atoms with Gasteiger partial charge in [0.1, 0.15) is 11.4 Å². The lowest BCUT2D eigenvalue weighted by Crippen LogP contribution is -2.23. The standard InChI is InChI=1S/C17H17F4NO3/c1-4-9(3)22-8-11(16(24)25-5-2)15(23)10-6-13(18)12(7-14(10)22)17(19,20)21/h6-9H,4-5H2,1-3H3. The summed E-state index contributed by atoms with van der Waals surface area (Å²) in [5, 5.41) is -0.295. The van der Waals surface area contributed by atoms with E-state index in [0.717, 1.165) is 0 Å². The topological polar surface area (TPSA) is 48.3 Å². The van der Waals surface area contributed by atoms with Crippen molar-refractivity contribution in [2.24, 2.45) is 0 Å². The molecule has 0 bridgehead atoms. The molecule has 1 aromatic heterocycles. The molecule has 1 atom stereocenters. The highest BCUT2D eigenvalue weighted by molar-refractivity contribution is 5.94. The molecule has 0 fully saturated rings. The number of pyridine rings is 1. The van der Waals surface area contributed by atoms with Gasteiger partial charge in [0, 0.05) is 17.6 Å². The molecular weight excluding hydrogens is 342 g/mol. The largest absolute Gasteiger partial charge is 0.462 e. The molecule has 0 amide bonds. The molecule has 0 aliphatic heterocycles. The number of hydrogen-bond donors (Lipinski definition) is 0. The molecule has 1 aromatic carbocycles. The number of alkyl halides is 3. The maximum Gasteiger partial charge on any atom is 0.419 e. The van der Waals surface area contributed by atoms with Crippen LogP contribution in [0.25, 0.3) is 10.9 Å². The third-order valence-corrected chi connectivity index (χ3v) is 3.99. The van der Waals surface area contributed by atoms with E-state index in [1.165, 1.54) is 10.8 Å². The molecule has 8 heteroatoms. The van der Waals surface area contributed by atoms with E-state index in [-0.39, 0.29) is 29.1 Å². The van der Waals surface area contributed by atoms with Crippen LogP contribution < -0.4 is 5.43 Å². The van der Waals surface area contributed by atoms with Crippen molar-refractivity contribution in [3.8, 4) is 0 Å². The van der Waals surface area contributed by atoms with Crippen LogP contribution in [0.5, 0.6) is 0 Å². The number of rotatable bonds is 4. The molecule has 2 aromatic rings. The Morgan fingerprint density at radius 2 is 1.92 bits per heavy atom. The van der Waals surface area contributed by atoms with Crippen LogP contribution in [0.1, 0.15) is 49.2 Å². The van der Waals surface area contributed by atoms with Gasteiger partial charge in [-0.2, -0.15) is 13.2 Å². The monoisotopic (exact) mass is 359 g/mol. The van der Waals surface area contributed by atoms with Gasteiger partial charge in [0.05, 0.1) is 17.7 Å². The minimum absolute atomic E-state index is 0.0288. The van der Waals surface area contributed by atoms with Crippen LogP contribution in [-0.2, 0) is 10.9 Å². The van der Waals surface area contributed by atoms with E-state index in [4.69, 9.17) is 4.74 Å². The zero-order valence-electron chi connectivity index (χ0n) is 13.9. The number of ether oxygens (including phenoxy) is 1. The third kappa shape index (κ3) is 3.52. The predicted octanol–water partition coefficient (Wildman–Crippen LogP) is 4.31. The van der Waals surface area contributed by atoms with Gasteiger partial charge in [-0.3, -0.25) is 4.79 Å². The molecule has 2 rings (SSSR count). The molecule has 0 saturated carbocycles. The van der Waals surface area contributed by atoms with E-state index in [9.17, 15) is 27.2 Å². The summed E-state index contributed by atoms with van der Waals surface area (Å²) in [6.07, 6.45) is -3.19. The van der Waals surface area contributed by atoms with Gasteiger partial charge in [0.15, 0.2) is 0 Å². The van der Waals surface area contributed by atoms with Crippen molar-refractivity contribution in [2.45, 2.75) is 39.4 Å². The molecule has 4 nitrogen and oxygen atoms in total. The minimum atomic E-state index is -4.89. The summed E-state index contributed by atoms with van der Waals surface area (Å²) in [5.41, 5.74) is -2.74. The molecular formula is C17H17F4NO3. The molecule has 0 saturated heterocycles. The second-order valence-corrected chi connectivity index (χ2v) is 5.60. The van der Waals surface area contributed by atoms with E-state index in [1.54, 1.807) is 20.8 Å². The van der Waals surface area contributed by atoms with Gasteiger partial charge in [-0.05, 0) is 32.4 Å². The summed E-state index contributed by atoms with van der Waals surface area (Å²) < 4.78 is 59.1. The summed E-state index contributed by atoms with van der Waals surface area (Å²) in [4.78, 5) is 24.4. The lowest BCUT2D eigenvalue weighted by atomic mass is 10.1. The number of nitrogens with zero attached hydrogens (tertiary/aromatic N) is 1.